The van der Waals surface area contributed by atoms with Gasteiger partial charge in [-0.25, -0.2) is 8.42 Å². The van der Waals surface area contributed by atoms with Crippen molar-refractivity contribution in [1.82, 2.24) is 4.57 Å². The molecule has 0 unspecified atom stereocenters. The molecule has 10 heteroatoms. The highest BCUT2D eigenvalue weighted by Gasteiger charge is 2.19. The van der Waals surface area contributed by atoms with Gasteiger partial charge in [0.2, 0.25) is 5.88 Å². The monoisotopic (exact) mass is 466 g/mol. The van der Waals surface area contributed by atoms with Crippen molar-refractivity contribution >= 4 is 27.6 Å². The van der Waals surface area contributed by atoms with Crippen LogP contribution in [0.3, 0.4) is 0 Å². The fourth-order valence-electron chi connectivity index (χ4n) is 3.15. The van der Waals surface area contributed by atoms with Crippen LogP contribution in [-0.2, 0) is 17.1 Å². The summed E-state index contributed by atoms with van der Waals surface area (Å²) in [4.78, 5) is 16.4. The van der Waals surface area contributed by atoms with Crippen LogP contribution < -0.4 is 15.0 Å². The molecule has 0 saturated heterocycles. The fraction of sp³-hybridized carbons (Fsp3) is 0.174. The van der Waals surface area contributed by atoms with Crippen molar-refractivity contribution < 1.29 is 18.3 Å². The van der Waals surface area contributed by atoms with Gasteiger partial charge in [0, 0.05) is 19.3 Å². The molecule has 0 radical (unpaired) electrons. The lowest BCUT2D eigenvalue weighted by Crippen LogP contribution is -2.22. The molecule has 9 nitrogen and oxygen atoms in total. The van der Waals surface area contributed by atoms with Crippen LogP contribution in [0.4, 0.5) is 11.4 Å². The minimum Gasteiger partial charge on any atom is -0.494 e. The highest BCUT2D eigenvalue weighted by atomic mass is 32.2. The second-order valence-corrected chi connectivity index (χ2v) is 8.91. The second-order valence-electron chi connectivity index (χ2n) is 7.23. The molecule has 0 atom stereocenters. The number of rotatable bonds is 6. The molecule has 0 bridgehead atoms. The number of aromatic nitrogens is 1. The molecule has 2 N–H and O–H groups in total. The van der Waals surface area contributed by atoms with Gasteiger partial charge in [-0.1, -0.05) is 18.2 Å². The molecule has 33 heavy (non-hydrogen) atoms. The molecule has 0 aliphatic carbocycles. The number of nitrogens with one attached hydrogen (secondary N) is 1. The van der Waals surface area contributed by atoms with Crippen LogP contribution in [0.2, 0.25) is 0 Å². The third-order valence-corrected chi connectivity index (χ3v) is 6.51. The van der Waals surface area contributed by atoms with Gasteiger partial charge in [0.05, 0.1) is 23.3 Å². The van der Waals surface area contributed by atoms with Crippen LogP contribution in [-0.4, -0.2) is 31.4 Å². The second kappa shape index (κ2) is 9.18. The van der Waals surface area contributed by atoms with Crippen LogP contribution in [0.25, 0.3) is 0 Å². The first-order valence-electron chi connectivity index (χ1n) is 9.74. The van der Waals surface area contributed by atoms with Crippen LogP contribution in [0.5, 0.6) is 11.6 Å². The van der Waals surface area contributed by atoms with E-state index in [1.165, 1.54) is 45.5 Å². The van der Waals surface area contributed by atoms with Crippen LogP contribution >= 0.6 is 0 Å². The maximum Gasteiger partial charge on any atom is 0.271 e. The number of anilines is 1. The summed E-state index contributed by atoms with van der Waals surface area (Å²) < 4.78 is 34.5. The van der Waals surface area contributed by atoms with Gasteiger partial charge in [0.1, 0.15) is 23.1 Å². The third kappa shape index (κ3) is 4.58. The maximum absolute atomic E-state index is 12.8. The molecular formula is C23H22N4O5S. The smallest absolute Gasteiger partial charge is 0.271 e. The van der Waals surface area contributed by atoms with Gasteiger partial charge in [-0.2, -0.15) is 5.26 Å². The summed E-state index contributed by atoms with van der Waals surface area (Å²) in [6, 6.07) is 13.0. The zero-order chi connectivity index (χ0) is 24.3. The van der Waals surface area contributed by atoms with E-state index in [2.05, 4.69) is 9.71 Å². The van der Waals surface area contributed by atoms with E-state index >= 15 is 0 Å². The number of ether oxygens (including phenoxy) is 1. The Morgan fingerprint density at radius 3 is 2.55 bits per heavy atom. The number of aromatic hydroxyl groups is 1. The van der Waals surface area contributed by atoms with Crippen LogP contribution in [0.1, 0.15) is 22.3 Å². The van der Waals surface area contributed by atoms with E-state index in [-0.39, 0.29) is 33.2 Å². The van der Waals surface area contributed by atoms with Gasteiger partial charge >= 0.3 is 0 Å². The number of benzene rings is 2. The Labute approximate surface area is 191 Å². The number of methoxy groups -OCH3 is 1. The lowest BCUT2D eigenvalue weighted by molar-refractivity contribution is 0.414. The molecule has 0 amide bonds. The Hall–Kier alpha value is -4.10. The van der Waals surface area contributed by atoms with E-state index < -0.39 is 15.6 Å². The highest BCUT2D eigenvalue weighted by molar-refractivity contribution is 7.92. The van der Waals surface area contributed by atoms with Crippen molar-refractivity contribution in [2.24, 2.45) is 12.0 Å². The highest BCUT2D eigenvalue weighted by Crippen LogP contribution is 2.31. The van der Waals surface area contributed by atoms with Crippen molar-refractivity contribution in [2.45, 2.75) is 18.7 Å². The number of nitriles is 1. The van der Waals surface area contributed by atoms with Crippen LogP contribution in [0.15, 0.2) is 57.1 Å². The number of aliphatic imine (C=N–C) groups is 1. The van der Waals surface area contributed by atoms with Gasteiger partial charge in [-0.15, -0.1) is 0 Å². The standard InChI is InChI=1S/C23H22N4O5S/c1-14-7-5-6-8-19(14)26-33(30,31)16-9-10-20(21(11-16)32-4)25-13-18-15(2)17(12-24)22(28)27(3)23(18)29/h5-11,13,26,29H,1-4H3. The zero-order valence-electron chi connectivity index (χ0n) is 18.4. The molecule has 1 heterocycles. The quantitative estimate of drug-likeness (QED) is 0.536. The predicted molar refractivity (Wildman–Crippen MR) is 125 cm³/mol. The van der Waals surface area contributed by atoms with Crippen LogP contribution in [0, 0.1) is 25.2 Å². The van der Waals surface area contributed by atoms with Gasteiger partial charge in [-0.3, -0.25) is 19.1 Å². The summed E-state index contributed by atoms with van der Waals surface area (Å²) in [5.41, 5.74) is 1.28. The molecular weight excluding hydrogens is 444 g/mol. The first-order valence-corrected chi connectivity index (χ1v) is 11.2. The molecule has 3 rings (SSSR count). The Kier molecular flexibility index (Phi) is 6.55. The summed E-state index contributed by atoms with van der Waals surface area (Å²) in [5, 5.41) is 19.6. The number of hydrogen-bond donors (Lipinski definition) is 2. The van der Waals surface area contributed by atoms with Crippen molar-refractivity contribution in [1.29, 1.82) is 5.26 Å². The predicted octanol–water partition coefficient (Wildman–Crippen LogP) is 3.14. The Bertz CT molecular complexity index is 1470. The number of pyridine rings is 1. The average molecular weight is 467 g/mol. The SMILES string of the molecule is COc1cc(S(=O)(=O)Nc2ccccc2C)ccc1N=Cc1c(C)c(C#N)c(=O)n(C)c1O. The van der Waals surface area contributed by atoms with Crippen molar-refractivity contribution in [3.63, 3.8) is 0 Å². The largest absolute Gasteiger partial charge is 0.494 e. The van der Waals surface area contributed by atoms with Gasteiger partial charge < -0.3 is 9.84 Å². The van der Waals surface area contributed by atoms with Gasteiger partial charge in [0.25, 0.3) is 15.6 Å². The molecule has 0 saturated carbocycles. The zero-order valence-corrected chi connectivity index (χ0v) is 19.3. The molecule has 0 aliphatic rings. The average Bonchev–Trinajstić information content (AvgIpc) is 2.79. The first-order chi connectivity index (χ1) is 15.6. The van der Waals surface area contributed by atoms with E-state index in [4.69, 9.17) is 4.74 Å². The van der Waals surface area contributed by atoms with Crippen molar-refractivity contribution in [3.8, 4) is 17.7 Å². The summed E-state index contributed by atoms with van der Waals surface area (Å²) in [6.45, 7) is 3.33. The van der Waals surface area contributed by atoms with E-state index in [1.807, 2.05) is 12.1 Å². The van der Waals surface area contributed by atoms with Crippen molar-refractivity contribution in [2.75, 3.05) is 11.8 Å². The van der Waals surface area contributed by atoms with Gasteiger partial charge in [-0.05, 0) is 43.2 Å². The van der Waals surface area contributed by atoms with E-state index in [9.17, 15) is 23.6 Å². The maximum atomic E-state index is 12.8. The topological polar surface area (TPSA) is 134 Å². The Morgan fingerprint density at radius 2 is 1.91 bits per heavy atom. The summed E-state index contributed by atoms with van der Waals surface area (Å²) in [6.07, 6.45) is 1.29. The molecule has 1 aromatic heterocycles. The number of sulfonamides is 1. The van der Waals surface area contributed by atoms with Gasteiger partial charge in [0.15, 0.2) is 0 Å². The molecule has 170 valence electrons. The summed E-state index contributed by atoms with van der Waals surface area (Å²) in [5.74, 6) is -0.165. The lowest BCUT2D eigenvalue weighted by Gasteiger charge is -2.12. The first kappa shape index (κ1) is 23.6. The third-order valence-electron chi connectivity index (χ3n) is 5.15. The van der Waals surface area contributed by atoms with E-state index in [1.54, 1.807) is 25.1 Å². The Balaban J connectivity index is 2.00. The summed E-state index contributed by atoms with van der Waals surface area (Å²) >= 11 is 0. The molecule has 0 spiro atoms. The molecule has 0 aliphatic heterocycles. The number of hydrogen-bond acceptors (Lipinski definition) is 7. The van der Waals surface area contributed by atoms with Crippen molar-refractivity contribution in [3.05, 3.63) is 75.1 Å². The van der Waals surface area contributed by atoms with E-state index in [0.717, 1.165) is 10.1 Å². The van der Waals surface area contributed by atoms with E-state index in [0.29, 0.717) is 11.4 Å². The minimum absolute atomic E-state index is 0.0190. The number of para-hydroxylation sites is 1. The minimum atomic E-state index is -3.88. The number of nitrogens with zero attached hydrogens (tertiary/aromatic N) is 3. The molecule has 0 fully saturated rings. The molecule has 2 aromatic carbocycles. The molecule has 3 aromatic rings. The normalized spacial score (nSPS) is 11.4. The number of aryl methyl sites for hydroxylation is 1. The lowest BCUT2D eigenvalue weighted by atomic mass is 10.1. The Morgan fingerprint density at radius 1 is 1.21 bits per heavy atom. The fourth-order valence-corrected chi connectivity index (χ4v) is 4.30. The summed E-state index contributed by atoms with van der Waals surface area (Å²) in [7, 11) is -1.16.